The number of aliphatic carboxylic acids is 2. The van der Waals surface area contributed by atoms with Crippen LogP contribution in [0, 0.1) is 0 Å². The summed E-state index contributed by atoms with van der Waals surface area (Å²) < 4.78 is 0. The Morgan fingerprint density at radius 2 is 1.53 bits per heavy atom. The van der Waals surface area contributed by atoms with Crippen LogP contribution in [0.5, 0.6) is 0 Å². The minimum atomic E-state index is -1.17. The summed E-state index contributed by atoms with van der Waals surface area (Å²) in [6, 6.07) is -1.06. The smallest absolute Gasteiger partial charge is 0.320 e. The summed E-state index contributed by atoms with van der Waals surface area (Å²) in [7, 11) is 0. The molecule has 0 aromatic rings. The molecule has 17 heavy (non-hydrogen) atoms. The van der Waals surface area contributed by atoms with Gasteiger partial charge in [0.15, 0.2) is 0 Å². The molecule has 102 valence electrons. The van der Waals surface area contributed by atoms with E-state index in [1.807, 2.05) is 0 Å². The Kier molecular flexibility index (Phi) is 12.2. The van der Waals surface area contributed by atoms with Gasteiger partial charge in [0.05, 0.1) is 0 Å². The van der Waals surface area contributed by atoms with Crippen molar-refractivity contribution in [3.05, 3.63) is 0 Å². The van der Waals surface area contributed by atoms with E-state index in [1.54, 1.807) is 0 Å². The lowest BCUT2D eigenvalue weighted by atomic mass is 10.2. The van der Waals surface area contributed by atoms with Crippen molar-refractivity contribution in [1.82, 2.24) is 4.90 Å². The van der Waals surface area contributed by atoms with Crippen molar-refractivity contribution in [2.45, 2.75) is 39.7 Å². The van der Waals surface area contributed by atoms with Gasteiger partial charge in [-0.1, -0.05) is 20.8 Å². The Bertz CT molecular complexity index is 212. The van der Waals surface area contributed by atoms with Crippen molar-refractivity contribution in [2.24, 2.45) is 5.73 Å². The third-order valence-electron chi connectivity index (χ3n) is 2.33. The SMILES string of the molecule is CCN(CC)CC.N[C@@H](CCC(=O)O)C(=O)O. The van der Waals surface area contributed by atoms with Crippen LogP contribution in [-0.4, -0.2) is 52.7 Å². The fourth-order valence-electron chi connectivity index (χ4n) is 1.07. The van der Waals surface area contributed by atoms with E-state index in [9.17, 15) is 9.59 Å². The summed E-state index contributed by atoms with van der Waals surface area (Å²) in [6.45, 7) is 10.1. The van der Waals surface area contributed by atoms with Gasteiger partial charge in [0.1, 0.15) is 6.04 Å². The Morgan fingerprint density at radius 3 is 1.71 bits per heavy atom. The Balaban J connectivity index is 0. The van der Waals surface area contributed by atoms with Gasteiger partial charge >= 0.3 is 11.9 Å². The molecule has 0 saturated heterocycles. The molecule has 0 heterocycles. The number of carbonyl (C=O) groups is 2. The molecule has 6 nitrogen and oxygen atoms in total. The highest BCUT2D eigenvalue weighted by Gasteiger charge is 2.12. The van der Waals surface area contributed by atoms with E-state index in [-0.39, 0.29) is 12.8 Å². The number of nitrogens with zero attached hydrogens (tertiary/aromatic N) is 1. The summed E-state index contributed by atoms with van der Waals surface area (Å²) in [5.41, 5.74) is 5.00. The summed E-state index contributed by atoms with van der Waals surface area (Å²) in [5, 5.41) is 16.3. The minimum Gasteiger partial charge on any atom is -0.481 e. The zero-order chi connectivity index (χ0) is 13.8. The molecule has 0 saturated carbocycles. The molecule has 4 N–H and O–H groups in total. The maximum Gasteiger partial charge on any atom is 0.320 e. The lowest BCUT2D eigenvalue weighted by Gasteiger charge is -2.13. The van der Waals surface area contributed by atoms with Gasteiger partial charge in [0, 0.05) is 6.42 Å². The van der Waals surface area contributed by atoms with Crippen LogP contribution >= 0.6 is 0 Å². The van der Waals surface area contributed by atoms with Crippen LogP contribution in [0.4, 0.5) is 0 Å². The molecule has 0 unspecified atom stereocenters. The van der Waals surface area contributed by atoms with Crippen molar-refractivity contribution in [1.29, 1.82) is 0 Å². The number of carboxylic acid groups (broad SMARTS) is 2. The first-order chi connectivity index (χ1) is 7.88. The van der Waals surface area contributed by atoms with Gasteiger partial charge in [-0.05, 0) is 26.1 Å². The van der Waals surface area contributed by atoms with Gasteiger partial charge in [0.25, 0.3) is 0 Å². The van der Waals surface area contributed by atoms with Crippen LogP contribution in [0.1, 0.15) is 33.6 Å². The fraction of sp³-hybridized carbons (Fsp3) is 0.818. The Hall–Kier alpha value is -1.14. The molecule has 0 rings (SSSR count). The molecule has 0 spiro atoms. The molecule has 0 aliphatic carbocycles. The second-order valence-electron chi connectivity index (χ2n) is 3.50. The highest BCUT2D eigenvalue weighted by molar-refractivity contribution is 5.74. The Labute approximate surface area is 102 Å². The first-order valence-corrected chi connectivity index (χ1v) is 5.81. The van der Waals surface area contributed by atoms with Crippen LogP contribution in [-0.2, 0) is 9.59 Å². The van der Waals surface area contributed by atoms with Crippen LogP contribution < -0.4 is 5.73 Å². The molecule has 6 heteroatoms. The van der Waals surface area contributed by atoms with Gasteiger partial charge in [-0.3, -0.25) is 9.59 Å². The predicted octanol–water partition coefficient (Wildman–Crippen LogP) is 0.611. The molecule has 0 fully saturated rings. The van der Waals surface area contributed by atoms with Gasteiger partial charge in [0.2, 0.25) is 0 Å². The van der Waals surface area contributed by atoms with E-state index < -0.39 is 18.0 Å². The molecular weight excluding hydrogens is 224 g/mol. The van der Waals surface area contributed by atoms with Gasteiger partial charge in [-0.15, -0.1) is 0 Å². The van der Waals surface area contributed by atoms with Crippen molar-refractivity contribution in [3.63, 3.8) is 0 Å². The summed E-state index contributed by atoms with van der Waals surface area (Å²) in [6.07, 6.45) is -0.224. The van der Waals surface area contributed by atoms with Crippen LogP contribution in [0.3, 0.4) is 0 Å². The van der Waals surface area contributed by atoms with E-state index in [2.05, 4.69) is 25.7 Å². The van der Waals surface area contributed by atoms with Crippen LogP contribution in [0.2, 0.25) is 0 Å². The van der Waals surface area contributed by atoms with Crippen molar-refractivity contribution in [3.8, 4) is 0 Å². The predicted molar refractivity (Wildman–Crippen MR) is 65.9 cm³/mol. The second kappa shape index (κ2) is 11.3. The number of hydrogen-bond donors (Lipinski definition) is 3. The third-order valence-corrected chi connectivity index (χ3v) is 2.33. The molecule has 0 aromatic carbocycles. The highest BCUT2D eigenvalue weighted by atomic mass is 16.4. The van der Waals surface area contributed by atoms with Gasteiger partial charge < -0.3 is 20.8 Å². The van der Waals surface area contributed by atoms with Crippen molar-refractivity contribution in [2.75, 3.05) is 19.6 Å². The highest BCUT2D eigenvalue weighted by Crippen LogP contribution is 1.93. The Morgan fingerprint density at radius 1 is 1.12 bits per heavy atom. The average molecular weight is 248 g/mol. The number of carboxylic acids is 2. The van der Waals surface area contributed by atoms with Gasteiger partial charge in [-0.25, -0.2) is 0 Å². The normalized spacial score (nSPS) is 11.6. The minimum absolute atomic E-state index is 0.0231. The molecule has 0 bridgehead atoms. The topological polar surface area (TPSA) is 104 Å². The zero-order valence-corrected chi connectivity index (χ0v) is 10.8. The van der Waals surface area contributed by atoms with Crippen molar-refractivity contribution < 1.29 is 19.8 Å². The van der Waals surface area contributed by atoms with E-state index >= 15 is 0 Å². The van der Waals surface area contributed by atoms with E-state index in [1.165, 1.54) is 19.6 Å². The number of hydrogen-bond acceptors (Lipinski definition) is 4. The lowest BCUT2D eigenvalue weighted by molar-refractivity contribution is -0.139. The molecular formula is C11H24N2O4. The van der Waals surface area contributed by atoms with Gasteiger partial charge in [-0.2, -0.15) is 0 Å². The quantitative estimate of drug-likeness (QED) is 0.610. The van der Waals surface area contributed by atoms with E-state index in [4.69, 9.17) is 15.9 Å². The standard InChI is InChI=1S/C6H15N.C5H9NO4/c1-4-7(5-2)6-3;6-3(5(9)10)1-2-4(7)8/h4-6H2,1-3H3;3H,1-2,6H2,(H,7,8)(H,9,10)/t;3-/m.0/s1. The largest absolute Gasteiger partial charge is 0.481 e. The maximum absolute atomic E-state index is 9.99. The molecule has 0 aliphatic rings. The molecule has 0 radical (unpaired) electrons. The number of rotatable bonds is 7. The van der Waals surface area contributed by atoms with E-state index in [0.29, 0.717) is 0 Å². The molecule has 0 amide bonds. The average Bonchev–Trinajstić information content (AvgIpc) is 2.28. The first-order valence-electron chi connectivity index (χ1n) is 5.81. The van der Waals surface area contributed by atoms with Crippen LogP contribution in [0.25, 0.3) is 0 Å². The summed E-state index contributed by atoms with van der Waals surface area (Å²) in [5.74, 6) is -2.20. The summed E-state index contributed by atoms with van der Waals surface area (Å²) >= 11 is 0. The van der Waals surface area contributed by atoms with Crippen molar-refractivity contribution >= 4 is 11.9 Å². The maximum atomic E-state index is 9.99. The second-order valence-corrected chi connectivity index (χ2v) is 3.50. The van der Waals surface area contributed by atoms with E-state index in [0.717, 1.165) is 0 Å². The molecule has 1 atom stereocenters. The molecule has 0 aromatic heterocycles. The molecule has 0 aliphatic heterocycles. The lowest BCUT2D eigenvalue weighted by Crippen LogP contribution is -2.30. The summed E-state index contributed by atoms with van der Waals surface area (Å²) in [4.78, 5) is 22.2. The fourth-order valence-corrected chi connectivity index (χ4v) is 1.07. The third kappa shape index (κ3) is 12.8. The van der Waals surface area contributed by atoms with Crippen LogP contribution in [0.15, 0.2) is 0 Å². The monoisotopic (exact) mass is 248 g/mol. The number of nitrogens with two attached hydrogens (primary N) is 1. The first kappa shape index (κ1) is 18.2. The zero-order valence-electron chi connectivity index (χ0n) is 10.8.